The number of unbranched alkanes of at least 4 members (excludes halogenated alkanes) is 6. The van der Waals surface area contributed by atoms with E-state index in [0.717, 1.165) is 18.8 Å². The predicted octanol–water partition coefficient (Wildman–Crippen LogP) is 7.46. The molecule has 0 bridgehead atoms. The Bertz CT molecular complexity index is 467. The van der Waals surface area contributed by atoms with Crippen LogP contribution in [0.3, 0.4) is 0 Å². The van der Waals surface area contributed by atoms with Crippen LogP contribution in [0.4, 0.5) is 0 Å². The molecule has 0 heterocycles. The summed E-state index contributed by atoms with van der Waals surface area (Å²) in [5.74, 6) is 0.869. The lowest BCUT2D eigenvalue weighted by atomic mass is 9.96. The van der Waals surface area contributed by atoms with Crippen LogP contribution in [0.5, 0.6) is 0 Å². The summed E-state index contributed by atoms with van der Waals surface area (Å²) in [6, 6.07) is 6.97. The van der Waals surface area contributed by atoms with E-state index >= 15 is 0 Å². The van der Waals surface area contributed by atoms with Crippen molar-refractivity contribution in [3.05, 3.63) is 60.2 Å². The van der Waals surface area contributed by atoms with Gasteiger partial charge in [-0.05, 0) is 48.3 Å². The molecular formula is C24H38. The Morgan fingerprint density at radius 3 is 2.00 bits per heavy atom. The zero-order valence-electron chi connectivity index (χ0n) is 16.2. The van der Waals surface area contributed by atoms with Gasteiger partial charge in [0.1, 0.15) is 0 Å². The van der Waals surface area contributed by atoms with Gasteiger partial charge >= 0.3 is 0 Å². The Kier molecular flexibility index (Phi) is 11.3. The van der Waals surface area contributed by atoms with E-state index in [0.29, 0.717) is 0 Å². The Labute approximate surface area is 151 Å². The molecule has 0 unspecified atom stereocenters. The largest absolute Gasteiger partial charge is 0.103 e. The third-order valence-corrected chi connectivity index (χ3v) is 4.75. The standard InChI is InChI=1S/C24H38/c1-5-14-23-19-18-22(20-24(23)15-6-2)17-13-11-9-7-8-10-12-16-21(3)4/h5-6,18-21H,1-2,7-17H2,3-4H3. The molecule has 0 amide bonds. The average molecular weight is 327 g/mol. The van der Waals surface area contributed by atoms with Crippen LogP contribution in [0.15, 0.2) is 43.5 Å². The van der Waals surface area contributed by atoms with E-state index in [4.69, 9.17) is 0 Å². The molecule has 0 saturated heterocycles. The minimum atomic E-state index is 0.869. The quantitative estimate of drug-likeness (QED) is 0.246. The van der Waals surface area contributed by atoms with Crippen LogP contribution < -0.4 is 0 Å². The van der Waals surface area contributed by atoms with Crippen molar-refractivity contribution in [3.8, 4) is 0 Å². The van der Waals surface area contributed by atoms with E-state index in [9.17, 15) is 0 Å². The highest BCUT2D eigenvalue weighted by molar-refractivity contribution is 5.34. The van der Waals surface area contributed by atoms with Crippen molar-refractivity contribution in [2.24, 2.45) is 5.92 Å². The number of hydrogen-bond acceptors (Lipinski definition) is 0. The first kappa shape index (κ1) is 20.7. The maximum absolute atomic E-state index is 3.89. The summed E-state index contributed by atoms with van der Waals surface area (Å²) in [5, 5.41) is 0. The first-order valence-corrected chi connectivity index (χ1v) is 9.99. The van der Waals surface area contributed by atoms with Gasteiger partial charge in [-0.3, -0.25) is 0 Å². The maximum Gasteiger partial charge on any atom is -0.00972 e. The fourth-order valence-electron chi connectivity index (χ4n) is 3.30. The van der Waals surface area contributed by atoms with Crippen molar-refractivity contribution in [3.63, 3.8) is 0 Å². The van der Waals surface area contributed by atoms with Crippen LogP contribution in [-0.4, -0.2) is 0 Å². The maximum atomic E-state index is 3.89. The van der Waals surface area contributed by atoms with Crippen molar-refractivity contribution in [1.29, 1.82) is 0 Å². The summed E-state index contributed by atoms with van der Waals surface area (Å²) in [4.78, 5) is 0. The number of hydrogen-bond donors (Lipinski definition) is 0. The molecule has 0 saturated carbocycles. The molecule has 0 aliphatic rings. The second kappa shape index (κ2) is 13.0. The molecule has 0 aromatic heterocycles. The van der Waals surface area contributed by atoms with Crippen molar-refractivity contribution in [2.45, 2.75) is 84.5 Å². The van der Waals surface area contributed by atoms with Crippen LogP contribution in [0, 0.1) is 5.92 Å². The van der Waals surface area contributed by atoms with E-state index in [1.807, 2.05) is 12.2 Å². The van der Waals surface area contributed by atoms with Crippen LogP contribution in [-0.2, 0) is 19.3 Å². The zero-order valence-corrected chi connectivity index (χ0v) is 16.2. The van der Waals surface area contributed by atoms with Gasteiger partial charge in [-0.1, -0.05) is 89.1 Å². The van der Waals surface area contributed by atoms with Gasteiger partial charge in [-0.25, -0.2) is 0 Å². The van der Waals surface area contributed by atoms with Crippen molar-refractivity contribution < 1.29 is 0 Å². The molecular weight excluding hydrogens is 288 g/mol. The van der Waals surface area contributed by atoms with E-state index < -0.39 is 0 Å². The van der Waals surface area contributed by atoms with Crippen molar-refractivity contribution in [1.82, 2.24) is 0 Å². The second-order valence-electron chi connectivity index (χ2n) is 7.50. The fourth-order valence-corrected chi connectivity index (χ4v) is 3.30. The van der Waals surface area contributed by atoms with E-state index in [1.165, 1.54) is 74.5 Å². The van der Waals surface area contributed by atoms with Gasteiger partial charge in [0.05, 0.1) is 0 Å². The summed E-state index contributed by atoms with van der Waals surface area (Å²) in [7, 11) is 0. The van der Waals surface area contributed by atoms with Crippen molar-refractivity contribution in [2.75, 3.05) is 0 Å². The summed E-state index contributed by atoms with van der Waals surface area (Å²) >= 11 is 0. The molecule has 24 heavy (non-hydrogen) atoms. The molecule has 0 atom stereocenters. The Hall–Kier alpha value is -1.30. The molecule has 0 radical (unpaired) electrons. The predicted molar refractivity (Wildman–Crippen MR) is 110 cm³/mol. The lowest BCUT2D eigenvalue weighted by Crippen LogP contribution is -1.95. The molecule has 0 heteroatoms. The molecule has 1 aromatic rings. The summed E-state index contributed by atoms with van der Waals surface area (Å²) in [6.45, 7) is 12.4. The first-order valence-electron chi connectivity index (χ1n) is 9.99. The van der Waals surface area contributed by atoms with Gasteiger partial charge in [0.25, 0.3) is 0 Å². The van der Waals surface area contributed by atoms with Gasteiger partial charge in [0.15, 0.2) is 0 Å². The van der Waals surface area contributed by atoms with E-state index in [2.05, 4.69) is 45.2 Å². The topological polar surface area (TPSA) is 0 Å². The number of allylic oxidation sites excluding steroid dienone is 2. The fraction of sp³-hybridized carbons (Fsp3) is 0.583. The average Bonchev–Trinajstić information content (AvgIpc) is 2.55. The number of benzene rings is 1. The highest BCUT2D eigenvalue weighted by Gasteiger charge is 2.02. The van der Waals surface area contributed by atoms with Gasteiger partial charge in [-0.15, -0.1) is 13.2 Å². The lowest BCUT2D eigenvalue weighted by Gasteiger charge is -2.09. The van der Waals surface area contributed by atoms with Crippen LogP contribution in [0.1, 0.15) is 81.9 Å². The summed E-state index contributed by atoms with van der Waals surface area (Å²) < 4.78 is 0. The van der Waals surface area contributed by atoms with Crippen LogP contribution >= 0.6 is 0 Å². The number of rotatable bonds is 14. The molecule has 0 spiro atoms. The van der Waals surface area contributed by atoms with Crippen LogP contribution in [0.25, 0.3) is 0 Å². The van der Waals surface area contributed by atoms with Crippen LogP contribution in [0.2, 0.25) is 0 Å². The molecule has 0 nitrogen and oxygen atoms in total. The second-order valence-corrected chi connectivity index (χ2v) is 7.50. The van der Waals surface area contributed by atoms with E-state index in [-0.39, 0.29) is 0 Å². The van der Waals surface area contributed by atoms with Gasteiger partial charge < -0.3 is 0 Å². The Morgan fingerprint density at radius 2 is 1.38 bits per heavy atom. The molecule has 1 aromatic carbocycles. The number of aryl methyl sites for hydroxylation is 1. The zero-order chi connectivity index (χ0) is 17.6. The first-order chi connectivity index (χ1) is 11.7. The van der Waals surface area contributed by atoms with Crippen molar-refractivity contribution >= 4 is 0 Å². The molecule has 1 rings (SSSR count). The lowest BCUT2D eigenvalue weighted by molar-refractivity contribution is 0.509. The van der Waals surface area contributed by atoms with Gasteiger partial charge in [0, 0.05) is 0 Å². The van der Waals surface area contributed by atoms with Gasteiger partial charge in [-0.2, -0.15) is 0 Å². The monoisotopic (exact) mass is 326 g/mol. The highest BCUT2D eigenvalue weighted by atomic mass is 14.1. The third kappa shape index (κ3) is 9.11. The third-order valence-electron chi connectivity index (χ3n) is 4.75. The molecule has 0 aliphatic heterocycles. The smallest absolute Gasteiger partial charge is 0.00972 e. The summed E-state index contributed by atoms with van der Waals surface area (Å²) in [6.07, 6.45) is 18.3. The molecule has 0 N–H and O–H groups in total. The summed E-state index contributed by atoms with van der Waals surface area (Å²) in [5.41, 5.74) is 4.30. The van der Waals surface area contributed by atoms with E-state index in [1.54, 1.807) is 0 Å². The Balaban J connectivity index is 2.21. The SMILES string of the molecule is C=CCc1ccc(CCCCCCCCCC(C)C)cc1CC=C. The molecule has 0 aliphatic carbocycles. The minimum absolute atomic E-state index is 0.869. The minimum Gasteiger partial charge on any atom is -0.103 e. The molecule has 0 fully saturated rings. The van der Waals surface area contributed by atoms with Gasteiger partial charge in [0.2, 0.25) is 0 Å². The Morgan fingerprint density at radius 1 is 0.792 bits per heavy atom. The normalized spacial score (nSPS) is 11.0. The highest BCUT2D eigenvalue weighted by Crippen LogP contribution is 2.17. The molecule has 134 valence electrons.